The molecule has 1 atom stereocenters. The molecule has 0 saturated carbocycles. The highest BCUT2D eigenvalue weighted by atomic mass is 35.5. The zero-order chi connectivity index (χ0) is 9.30. The molecular weight excluding hydrogens is 219 g/mol. The van der Waals surface area contributed by atoms with Crippen molar-refractivity contribution in [3.05, 3.63) is 34.4 Å². The molecule has 2 N–H and O–H groups in total. The summed E-state index contributed by atoms with van der Waals surface area (Å²) in [6, 6.07) is 1.43. The minimum absolute atomic E-state index is 0. The Bertz CT molecular complexity index is 279. The number of benzene rings is 1. The van der Waals surface area contributed by atoms with E-state index in [1.54, 1.807) is 0 Å². The molecule has 0 aliphatic rings. The Kier molecular flexibility index (Phi) is 4.61. The Labute approximate surface area is 86.3 Å². The predicted molar refractivity (Wildman–Crippen MR) is 51.2 cm³/mol. The van der Waals surface area contributed by atoms with Gasteiger partial charge in [0.15, 0.2) is 0 Å². The van der Waals surface area contributed by atoms with Crippen molar-refractivity contribution in [2.45, 2.75) is 13.0 Å². The molecule has 0 saturated heterocycles. The number of rotatable bonds is 1. The molecule has 1 aromatic rings. The van der Waals surface area contributed by atoms with Crippen LogP contribution < -0.4 is 5.73 Å². The van der Waals surface area contributed by atoms with Gasteiger partial charge in [-0.25, -0.2) is 8.78 Å². The first kappa shape index (κ1) is 12.6. The summed E-state index contributed by atoms with van der Waals surface area (Å²) in [4.78, 5) is 0. The smallest absolute Gasteiger partial charge is 0.132 e. The topological polar surface area (TPSA) is 26.0 Å². The molecule has 13 heavy (non-hydrogen) atoms. The maximum Gasteiger partial charge on any atom is 0.132 e. The van der Waals surface area contributed by atoms with Crippen molar-refractivity contribution < 1.29 is 8.78 Å². The van der Waals surface area contributed by atoms with Gasteiger partial charge in [-0.15, -0.1) is 12.4 Å². The summed E-state index contributed by atoms with van der Waals surface area (Å²) in [6.07, 6.45) is 0. The highest BCUT2D eigenvalue weighted by molar-refractivity contribution is 6.30. The lowest BCUT2D eigenvalue weighted by Crippen LogP contribution is -2.10. The molecule has 0 bridgehead atoms. The SMILES string of the molecule is C[C@@H](N)c1c(F)cc(Cl)cc1F.Cl. The van der Waals surface area contributed by atoms with Crippen LogP contribution in [0.3, 0.4) is 0 Å². The number of hydrogen-bond acceptors (Lipinski definition) is 1. The predicted octanol–water partition coefficient (Wildman–Crippen LogP) is 3.06. The Balaban J connectivity index is 0.00000144. The van der Waals surface area contributed by atoms with Gasteiger partial charge in [0, 0.05) is 16.6 Å². The lowest BCUT2D eigenvalue weighted by molar-refractivity contribution is 0.537. The first-order valence-corrected chi connectivity index (χ1v) is 3.80. The van der Waals surface area contributed by atoms with Crippen LogP contribution in [0, 0.1) is 11.6 Å². The largest absolute Gasteiger partial charge is 0.324 e. The van der Waals surface area contributed by atoms with Gasteiger partial charge in [0.1, 0.15) is 11.6 Å². The normalized spacial score (nSPS) is 12.1. The molecule has 74 valence electrons. The zero-order valence-electron chi connectivity index (χ0n) is 6.85. The average Bonchev–Trinajstić information content (AvgIpc) is 1.82. The van der Waals surface area contributed by atoms with E-state index in [0.29, 0.717) is 0 Å². The maximum atomic E-state index is 13.0. The molecule has 1 rings (SSSR count). The molecule has 0 spiro atoms. The molecule has 1 nitrogen and oxygen atoms in total. The van der Waals surface area contributed by atoms with Crippen molar-refractivity contribution >= 4 is 24.0 Å². The first-order valence-electron chi connectivity index (χ1n) is 3.42. The fourth-order valence-electron chi connectivity index (χ4n) is 0.988. The van der Waals surface area contributed by atoms with E-state index in [1.165, 1.54) is 6.92 Å². The highest BCUT2D eigenvalue weighted by Crippen LogP contribution is 2.22. The van der Waals surface area contributed by atoms with Crippen molar-refractivity contribution in [2.75, 3.05) is 0 Å². The molecule has 0 radical (unpaired) electrons. The fraction of sp³-hybridized carbons (Fsp3) is 0.250. The van der Waals surface area contributed by atoms with Crippen molar-refractivity contribution in [3.63, 3.8) is 0 Å². The molecule has 0 aliphatic carbocycles. The van der Waals surface area contributed by atoms with Crippen molar-refractivity contribution in [1.82, 2.24) is 0 Å². The van der Waals surface area contributed by atoms with Crippen LogP contribution in [-0.4, -0.2) is 0 Å². The van der Waals surface area contributed by atoms with Gasteiger partial charge in [-0.2, -0.15) is 0 Å². The van der Waals surface area contributed by atoms with E-state index in [-0.39, 0.29) is 23.0 Å². The van der Waals surface area contributed by atoms with Crippen LogP contribution in [0.15, 0.2) is 12.1 Å². The summed E-state index contributed by atoms with van der Waals surface area (Å²) in [5, 5.41) is 0.0365. The van der Waals surface area contributed by atoms with Gasteiger partial charge in [-0.1, -0.05) is 11.6 Å². The van der Waals surface area contributed by atoms with Crippen LogP contribution in [0.1, 0.15) is 18.5 Å². The molecule has 0 aromatic heterocycles. The molecular formula is C8H9Cl2F2N. The molecule has 1 aromatic carbocycles. The number of hydrogen-bond donors (Lipinski definition) is 1. The van der Waals surface area contributed by atoms with E-state index in [9.17, 15) is 8.78 Å². The third kappa shape index (κ3) is 2.79. The van der Waals surface area contributed by atoms with Crippen molar-refractivity contribution in [2.24, 2.45) is 5.73 Å². The molecule has 0 fully saturated rings. The van der Waals surface area contributed by atoms with Gasteiger partial charge < -0.3 is 5.73 Å². The van der Waals surface area contributed by atoms with Gasteiger partial charge >= 0.3 is 0 Å². The van der Waals surface area contributed by atoms with E-state index < -0.39 is 17.7 Å². The second kappa shape index (κ2) is 4.74. The van der Waals surface area contributed by atoms with Gasteiger partial charge in [0.05, 0.1) is 0 Å². The Hall–Kier alpha value is -0.380. The summed E-state index contributed by atoms with van der Waals surface area (Å²) in [5.41, 5.74) is 5.22. The monoisotopic (exact) mass is 227 g/mol. The molecule has 5 heteroatoms. The van der Waals surface area contributed by atoms with Crippen LogP contribution in [0.2, 0.25) is 5.02 Å². The summed E-state index contributed by atoms with van der Waals surface area (Å²) in [6.45, 7) is 1.51. The van der Waals surface area contributed by atoms with Crippen molar-refractivity contribution in [1.29, 1.82) is 0 Å². The second-order valence-electron chi connectivity index (χ2n) is 2.57. The van der Waals surface area contributed by atoms with E-state index in [4.69, 9.17) is 17.3 Å². The van der Waals surface area contributed by atoms with Gasteiger partial charge in [0.25, 0.3) is 0 Å². The summed E-state index contributed by atoms with van der Waals surface area (Å²) < 4.78 is 25.9. The molecule has 0 aliphatic heterocycles. The lowest BCUT2D eigenvalue weighted by atomic mass is 10.1. The van der Waals surface area contributed by atoms with E-state index in [0.717, 1.165) is 12.1 Å². The van der Waals surface area contributed by atoms with Crippen LogP contribution in [0.25, 0.3) is 0 Å². The minimum atomic E-state index is -0.699. The van der Waals surface area contributed by atoms with Crippen LogP contribution in [0.4, 0.5) is 8.78 Å². The van der Waals surface area contributed by atoms with Crippen molar-refractivity contribution in [3.8, 4) is 0 Å². The van der Waals surface area contributed by atoms with Crippen LogP contribution >= 0.6 is 24.0 Å². The quantitative estimate of drug-likeness (QED) is 0.785. The highest BCUT2D eigenvalue weighted by Gasteiger charge is 2.13. The fourth-order valence-corrected chi connectivity index (χ4v) is 1.18. The summed E-state index contributed by atoms with van der Waals surface area (Å²) in [5.74, 6) is -1.40. The first-order chi connectivity index (χ1) is 5.52. The molecule has 0 heterocycles. The number of halogens is 4. The van der Waals surface area contributed by atoms with Gasteiger partial charge in [-0.3, -0.25) is 0 Å². The third-order valence-corrected chi connectivity index (χ3v) is 1.72. The minimum Gasteiger partial charge on any atom is -0.324 e. The number of nitrogens with two attached hydrogens (primary N) is 1. The maximum absolute atomic E-state index is 13.0. The second-order valence-corrected chi connectivity index (χ2v) is 3.01. The third-order valence-electron chi connectivity index (χ3n) is 1.50. The lowest BCUT2D eigenvalue weighted by Gasteiger charge is -2.08. The van der Waals surface area contributed by atoms with E-state index in [1.807, 2.05) is 0 Å². The van der Waals surface area contributed by atoms with E-state index in [2.05, 4.69) is 0 Å². The standard InChI is InChI=1S/C8H8ClF2N.ClH/c1-4(12)8-6(10)2-5(9)3-7(8)11;/h2-4H,12H2,1H3;1H/t4-;/m1./s1. The van der Waals surface area contributed by atoms with Gasteiger partial charge in [0.2, 0.25) is 0 Å². The summed E-state index contributed by atoms with van der Waals surface area (Å²) in [7, 11) is 0. The zero-order valence-corrected chi connectivity index (χ0v) is 8.42. The Morgan fingerprint density at radius 3 is 2.00 bits per heavy atom. The summed E-state index contributed by atoms with van der Waals surface area (Å²) >= 11 is 5.41. The van der Waals surface area contributed by atoms with Crippen LogP contribution in [-0.2, 0) is 0 Å². The van der Waals surface area contributed by atoms with Gasteiger partial charge in [-0.05, 0) is 19.1 Å². The Morgan fingerprint density at radius 1 is 1.31 bits per heavy atom. The Morgan fingerprint density at radius 2 is 1.69 bits per heavy atom. The average molecular weight is 228 g/mol. The molecule has 0 unspecified atom stereocenters. The van der Waals surface area contributed by atoms with Crippen LogP contribution in [0.5, 0.6) is 0 Å². The molecule has 0 amide bonds. The van der Waals surface area contributed by atoms with E-state index >= 15 is 0 Å².